The number of hydrogen-bond acceptors (Lipinski definition) is 2. The molecule has 2 aliphatic rings. The van der Waals surface area contributed by atoms with Gasteiger partial charge in [-0.15, -0.1) is 0 Å². The first-order chi connectivity index (χ1) is 7.98. The number of carbonyl (C=O) groups is 1. The summed E-state index contributed by atoms with van der Waals surface area (Å²) >= 11 is 0. The number of aliphatic carboxylic acids is 1. The predicted octanol–water partition coefficient (Wildman–Crippen LogP) is 2.50. The molecule has 2 rings (SSSR count). The van der Waals surface area contributed by atoms with Gasteiger partial charge >= 0.3 is 5.97 Å². The Morgan fingerprint density at radius 3 is 2.53 bits per heavy atom. The number of rotatable bonds is 4. The van der Waals surface area contributed by atoms with E-state index in [2.05, 4.69) is 13.8 Å². The Bertz CT molecular complexity index is 305. The molecule has 98 valence electrons. The normalized spacial score (nSPS) is 39.9. The Morgan fingerprint density at radius 2 is 1.94 bits per heavy atom. The van der Waals surface area contributed by atoms with Crippen molar-refractivity contribution < 1.29 is 9.90 Å². The van der Waals surface area contributed by atoms with Crippen LogP contribution in [-0.4, -0.2) is 17.6 Å². The fraction of sp³-hybridized carbons (Fsp3) is 0.929. The summed E-state index contributed by atoms with van der Waals surface area (Å²) in [5.74, 6) is 2.22. The van der Waals surface area contributed by atoms with Crippen molar-refractivity contribution in [2.75, 3.05) is 6.54 Å². The van der Waals surface area contributed by atoms with Crippen LogP contribution in [0.2, 0.25) is 0 Å². The average molecular weight is 239 g/mol. The zero-order valence-electron chi connectivity index (χ0n) is 11.0. The van der Waals surface area contributed by atoms with Crippen LogP contribution in [0, 0.1) is 29.1 Å². The summed E-state index contributed by atoms with van der Waals surface area (Å²) in [4.78, 5) is 11.0. The van der Waals surface area contributed by atoms with Crippen molar-refractivity contribution in [2.24, 2.45) is 34.8 Å². The molecule has 0 aromatic carbocycles. The van der Waals surface area contributed by atoms with Gasteiger partial charge in [0.2, 0.25) is 0 Å². The van der Waals surface area contributed by atoms with E-state index in [1.54, 1.807) is 0 Å². The Balaban J connectivity index is 2.13. The van der Waals surface area contributed by atoms with E-state index in [-0.39, 0.29) is 11.8 Å². The van der Waals surface area contributed by atoms with E-state index in [0.717, 1.165) is 17.8 Å². The quantitative estimate of drug-likeness (QED) is 0.792. The first kappa shape index (κ1) is 12.9. The van der Waals surface area contributed by atoms with E-state index in [9.17, 15) is 4.79 Å². The lowest BCUT2D eigenvalue weighted by atomic mass is 9.69. The highest BCUT2D eigenvalue weighted by atomic mass is 16.4. The van der Waals surface area contributed by atoms with Gasteiger partial charge in [-0.05, 0) is 54.9 Å². The summed E-state index contributed by atoms with van der Waals surface area (Å²) in [7, 11) is 0. The molecule has 3 nitrogen and oxygen atoms in total. The number of carboxylic acid groups (broad SMARTS) is 1. The summed E-state index contributed by atoms with van der Waals surface area (Å²) in [6, 6.07) is 0. The van der Waals surface area contributed by atoms with Crippen LogP contribution >= 0.6 is 0 Å². The molecule has 2 fully saturated rings. The number of fused-ring (bicyclic) bond motifs is 1. The highest BCUT2D eigenvalue weighted by Gasteiger charge is 2.49. The molecule has 17 heavy (non-hydrogen) atoms. The smallest absolute Gasteiger partial charge is 0.303 e. The molecule has 5 atom stereocenters. The number of carboxylic acids is 1. The molecule has 2 unspecified atom stereocenters. The Kier molecular flexibility index (Phi) is 3.48. The molecule has 0 saturated heterocycles. The van der Waals surface area contributed by atoms with Crippen molar-refractivity contribution in [3.05, 3.63) is 0 Å². The van der Waals surface area contributed by atoms with Crippen LogP contribution < -0.4 is 5.73 Å². The molecule has 0 heterocycles. The van der Waals surface area contributed by atoms with E-state index in [4.69, 9.17) is 10.8 Å². The lowest BCUT2D eigenvalue weighted by molar-refractivity contribution is -0.140. The van der Waals surface area contributed by atoms with Gasteiger partial charge in [-0.1, -0.05) is 20.3 Å². The first-order valence-electron chi connectivity index (χ1n) is 6.90. The predicted molar refractivity (Wildman–Crippen MR) is 67.5 cm³/mol. The third-order valence-corrected chi connectivity index (χ3v) is 5.48. The van der Waals surface area contributed by atoms with Crippen molar-refractivity contribution in [1.82, 2.24) is 0 Å². The van der Waals surface area contributed by atoms with Gasteiger partial charge in [0.05, 0.1) is 6.42 Å². The Morgan fingerprint density at radius 1 is 1.29 bits per heavy atom. The Labute approximate surface area is 104 Å². The minimum atomic E-state index is -0.701. The van der Waals surface area contributed by atoms with Crippen LogP contribution in [0.4, 0.5) is 0 Å². The van der Waals surface area contributed by atoms with Gasteiger partial charge < -0.3 is 10.8 Å². The fourth-order valence-corrected chi connectivity index (χ4v) is 4.46. The van der Waals surface area contributed by atoms with Gasteiger partial charge in [0.15, 0.2) is 0 Å². The van der Waals surface area contributed by atoms with Crippen molar-refractivity contribution in [3.8, 4) is 0 Å². The van der Waals surface area contributed by atoms with Crippen molar-refractivity contribution in [1.29, 1.82) is 0 Å². The molecule has 2 aliphatic carbocycles. The third kappa shape index (κ3) is 2.22. The zero-order valence-corrected chi connectivity index (χ0v) is 11.0. The van der Waals surface area contributed by atoms with Crippen LogP contribution in [-0.2, 0) is 4.79 Å². The molecule has 0 aliphatic heterocycles. The van der Waals surface area contributed by atoms with Gasteiger partial charge in [-0.25, -0.2) is 0 Å². The number of hydrogen-bond donors (Lipinski definition) is 2. The summed E-state index contributed by atoms with van der Waals surface area (Å²) in [5.41, 5.74) is 5.69. The molecule has 0 aromatic heterocycles. The Hall–Kier alpha value is -0.570. The van der Waals surface area contributed by atoms with Crippen LogP contribution in [0.15, 0.2) is 0 Å². The topological polar surface area (TPSA) is 63.3 Å². The van der Waals surface area contributed by atoms with E-state index in [1.807, 2.05) is 0 Å². The maximum atomic E-state index is 11.0. The highest BCUT2D eigenvalue weighted by Crippen LogP contribution is 2.56. The van der Waals surface area contributed by atoms with Crippen molar-refractivity contribution in [3.63, 3.8) is 0 Å². The summed E-state index contributed by atoms with van der Waals surface area (Å²) < 4.78 is 0. The van der Waals surface area contributed by atoms with Crippen LogP contribution in [0.3, 0.4) is 0 Å². The molecule has 2 saturated carbocycles. The molecule has 3 N–H and O–H groups in total. The lowest BCUT2D eigenvalue weighted by Gasteiger charge is -2.37. The van der Waals surface area contributed by atoms with Crippen molar-refractivity contribution in [2.45, 2.75) is 46.0 Å². The molecule has 0 radical (unpaired) electrons. The second-order valence-corrected chi connectivity index (χ2v) is 6.49. The fourth-order valence-electron chi connectivity index (χ4n) is 4.46. The van der Waals surface area contributed by atoms with Crippen LogP contribution in [0.25, 0.3) is 0 Å². The zero-order chi connectivity index (χ0) is 12.6. The minimum absolute atomic E-state index is 0.199. The van der Waals surface area contributed by atoms with Gasteiger partial charge in [-0.3, -0.25) is 4.79 Å². The van der Waals surface area contributed by atoms with Gasteiger partial charge in [0, 0.05) is 0 Å². The molecular weight excluding hydrogens is 214 g/mol. The monoisotopic (exact) mass is 239 g/mol. The standard InChI is InChI=1S/C14H25NO2/c1-9-3-4-11-10(9)5-6-12(11)14(2,8-15)7-13(16)17/h9-12H,3-8,15H2,1-2H3,(H,16,17)/t9?,10?,11-,12+,14-/m1/s1. The maximum absolute atomic E-state index is 11.0. The van der Waals surface area contributed by atoms with Crippen LogP contribution in [0.5, 0.6) is 0 Å². The number of nitrogens with two attached hydrogens (primary N) is 1. The summed E-state index contributed by atoms with van der Waals surface area (Å²) in [5, 5.41) is 9.08. The van der Waals surface area contributed by atoms with Crippen LogP contribution in [0.1, 0.15) is 46.0 Å². The molecule has 3 heteroatoms. The second kappa shape index (κ2) is 4.60. The molecule has 0 amide bonds. The summed E-state index contributed by atoms with van der Waals surface area (Å²) in [6.45, 7) is 4.93. The van der Waals surface area contributed by atoms with E-state index < -0.39 is 5.97 Å². The SMILES string of the molecule is CC1CC[C@@H]2C1CC[C@@H]2[C@@](C)(CN)CC(=O)O. The second-order valence-electron chi connectivity index (χ2n) is 6.49. The molecular formula is C14H25NO2. The van der Waals surface area contributed by atoms with Gasteiger partial charge in [0.1, 0.15) is 0 Å². The lowest BCUT2D eigenvalue weighted by Crippen LogP contribution is -2.39. The van der Waals surface area contributed by atoms with E-state index in [1.165, 1.54) is 25.7 Å². The van der Waals surface area contributed by atoms with Crippen molar-refractivity contribution >= 4 is 5.97 Å². The highest BCUT2D eigenvalue weighted by molar-refractivity contribution is 5.67. The third-order valence-electron chi connectivity index (χ3n) is 5.48. The minimum Gasteiger partial charge on any atom is -0.481 e. The van der Waals surface area contributed by atoms with Gasteiger partial charge in [0.25, 0.3) is 0 Å². The van der Waals surface area contributed by atoms with E-state index >= 15 is 0 Å². The van der Waals surface area contributed by atoms with Gasteiger partial charge in [-0.2, -0.15) is 0 Å². The molecule has 0 spiro atoms. The molecule has 0 bridgehead atoms. The average Bonchev–Trinajstić information content (AvgIpc) is 2.81. The van der Waals surface area contributed by atoms with E-state index in [0.29, 0.717) is 12.5 Å². The largest absolute Gasteiger partial charge is 0.481 e. The maximum Gasteiger partial charge on any atom is 0.303 e. The first-order valence-corrected chi connectivity index (χ1v) is 6.90. The summed E-state index contributed by atoms with van der Waals surface area (Å²) in [6.07, 6.45) is 5.30. The molecule has 0 aromatic rings.